The molecule has 1 aliphatic carbocycles. The van der Waals surface area contributed by atoms with Crippen molar-refractivity contribution in [3.63, 3.8) is 0 Å². The Balaban J connectivity index is 1.95. The third-order valence-corrected chi connectivity index (χ3v) is 2.53. The minimum absolute atomic E-state index is 0.412. The van der Waals surface area contributed by atoms with Gasteiger partial charge in [-0.1, -0.05) is 5.73 Å². The molecule has 2 nitrogen and oxygen atoms in total. The van der Waals surface area contributed by atoms with Gasteiger partial charge in [0, 0.05) is 19.2 Å². The van der Waals surface area contributed by atoms with Crippen LogP contribution in [0.3, 0.4) is 0 Å². The molecule has 0 saturated carbocycles. The van der Waals surface area contributed by atoms with Gasteiger partial charge < -0.3 is 10.2 Å². The summed E-state index contributed by atoms with van der Waals surface area (Å²) in [5.41, 5.74) is 5.24. The van der Waals surface area contributed by atoms with Crippen molar-refractivity contribution in [2.75, 3.05) is 18.0 Å². The van der Waals surface area contributed by atoms with Crippen molar-refractivity contribution in [1.82, 2.24) is 5.32 Å². The van der Waals surface area contributed by atoms with Gasteiger partial charge in [-0.05, 0) is 12.1 Å². The smallest absolute Gasteiger partial charge is 0.149 e. The van der Waals surface area contributed by atoms with E-state index in [1.54, 1.807) is 4.90 Å². The molecule has 1 aromatic rings. The van der Waals surface area contributed by atoms with Crippen LogP contribution >= 0.6 is 0 Å². The maximum atomic E-state index is 13.5. The van der Waals surface area contributed by atoms with E-state index in [1.807, 2.05) is 0 Å². The molecule has 1 heterocycles. The van der Waals surface area contributed by atoms with Crippen LogP contribution in [0.25, 0.3) is 0 Å². The van der Waals surface area contributed by atoms with Gasteiger partial charge in [-0.25, -0.2) is 8.78 Å². The predicted octanol–water partition coefficient (Wildman–Crippen LogP) is 1.75. The molecule has 0 radical (unpaired) electrons. The molecule has 3 rings (SSSR count). The van der Waals surface area contributed by atoms with Crippen molar-refractivity contribution >= 4 is 5.69 Å². The number of fused-ring (bicyclic) bond motifs is 1. The minimum Gasteiger partial charge on any atom is -0.375 e. The summed E-state index contributed by atoms with van der Waals surface area (Å²) >= 11 is 0. The number of halogens is 2. The molecule has 2 aliphatic rings. The predicted molar refractivity (Wildman–Crippen MR) is 52.2 cm³/mol. The molecule has 1 aliphatic heterocycles. The highest BCUT2D eigenvalue weighted by molar-refractivity contribution is 5.64. The fraction of sp³-hybridized carbons (Fsp3) is 0.182. The molecule has 15 heavy (non-hydrogen) atoms. The van der Waals surface area contributed by atoms with Crippen LogP contribution in [0.2, 0.25) is 0 Å². The monoisotopic (exact) mass is 206 g/mol. The van der Waals surface area contributed by atoms with Gasteiger partial charge in [-0.2, -0.15) is 0 Å². The van der Waals surface area contributed by atoms with E-state index in [-0.39, 0.29) is 0 Å². The van der Waals surface area contributed by atoms with Crippen LogP contribution in [0.15, 0.2) is 35.3 Å². The lowest BCUT2D eigenvalue weighted by molar-refractivity contribution is 0.579. The van der Waals surface area contributed by atoms with E-state index in [2.05, 4.69) is 11.0 Å². The van der Waals surface area contributed by atoms with E-state index < -0.39 is 11.6 Å². The lowest BCUT2D eigenvalue weighted by Gasteiger charge is -2.26. The summed E-state index contributed by atoms with van der Waals surface area (Å²) in [6.07, 6.45) is 0. The SMILES string of the molecule is Fc1ccc(N2CCNC3=C=C32)c(F)c1. The zero-order valence-electron chi connectivity index (χ0n) is 7.85. The van der Waals surface area contributed by atoms with Crippen molar-refractivity contribution in [3.8, 4) is 0 Å². The lowest BCUT2D eigenvalue weighted by Crippen LogP contribution is -2.36. The Labute approximate surface area is 85.5 Å². The van der Waals surface area contributed by atoms with Gasteiger partial charge in [0.25, 0.3) is 0 Å². The average Bonchev–Trinajstić information content (AvgIpc) is 2.96. The number of nitrogens with one attached hydrogen (secondary N) is 1. The Morgan fingerprint density at radius 3 is 3.00 bits per heavy atom. The largest absolute Gasteiger partial charge is 0.375 e. The number of nitrogens with zero attached hydrogens (tertiary/aromatic N) is 1. The van der Waals surface area contributed by atoms with E-state index in [0.717, 1.165) is 24.0 Å². The molecule has 0 amide bonds. The van der Waals surface area contributed by atoms with Crippen molar-refractivity contribution in [2.45, 2.75) is 0 Å². The molecule has 0 spiro atoms. The molecule has 0 aromatic heterocycles. The highest BCUT2D eigenvalue weighted by atomic mass is 19.1. The molecular formula is C11H8F2N2. The molecule has 4 heteroatoms. The lowest BCUT2D eigenvalue weighted by atomic mass is 10.2. The fourth-order valence-electron chi connectivity index (χ4n) is 1.76. The normalized spacial score (nSPS) is 17.6. The second-order valence-electron chi connectivity index (χ2n) is 3.52. The van der Waals surface area contributed by atoms with Gasteiger partial charge >= 0.3 is 0 Å². The highest BCUT2D eigenvalue weighted by Crippen LogP contribution is 2.32. The van der Waals surface area contributed by atoms with Crippen LogP contribution < -0.4 is 10.2 Å². The molecular weight excluding hydrogens is 198 g/mol. The van der Waals surface area contributed by atoms with Crippen molar-refractivity contribution in [3.05, 3.63) is 47.0 Å². The molecule has 1 fully saturated rings. The van der Waals surface area contributed by atoms with E-state index >= 15 is 0 Å². The number of rotatable bonds is 1. The van der Waals surface area contributed by atoms with Gasteiger partial charge in [0.2, 0.25) is 0 Å². The first-order valence-electron chi connectivity index (χ1n) is 4.73. The summed E-state index contributed by atoms with van der Waals surface area (Å²) in [7, 11) is 0. The zero-order chi connectivity index (χ0) is 10.4. The Hall–Kier alpha value is -1.80. The standard InChI is InChI=1S/C11H8F2N2/c12-7-1-2-10(8(13)5-7)15-4-3-14-9-6-11(9)15/h1-2,5,14H,3-4H2. The molecule has 0 unspecified atom stereocenters. The first-order valence-corrected chi connectivity index (χ1v) is 4.73. The topological polar surface area (TPSA) is 15.3 Å². The van der Waals surface area contributed by atoms with Crippen LogP contribution in [0.4, 0.5) is 14.5 Å². The third kappa shape index (κ3) is 1.30. The molecule has 0 bridgehead atoms. The van der Waals surface area contributed by atoms with Crippen LogP contribution in [-0.2, 0) is 0 Å². The molecule has 1 N–H and O–H groups in total. The van der Waals surface area contributed by atoms with E-state index in [4.69, 9.17) is 0 Å². The summed E-state index contributed by atoms with van der Waals surface area (Å²) < 4.78 is 26.2. The zero-order valence-corrected chi connectivity index (χ0v) is 7.85. The average molecular weight is 206 g/mol. The summed E-state index contributed by atoms with van der Waals surface area (Å²) in [6, 6.07) is 3.63. The number of hydrogen-bond acceptors (Lipinski definition) is 2. The van der Waals surface area contributed by atoms with E-state index in [9.17, 15) is 8.78 Å². The Morgan fingerprint density at radius 1 is 1.33 bits per heavy atom. The van der Waals surface area contributed by atoms with Crippen LogP contribution in [0, 0.1) is 11.6 Å². The molecule has 1 saturated heterocycles. The second-order valence-corrected chi connectivity index (χ2v) is 3.52. The van der Waals surface area contributed by atoms with Gasteiger partial charge in [-0.3, -0.25) is 0 Å². The van der Waals surface area contributed by atoms with Gasteiger partial charge in [0.05, 0.1) is 5.69 Å². The van der Waals surface area contributed by atoms with Crippen LogP contribution in [-0.4, -0.2) is 13.1 Å². The van der Waals surface area contributed by atoms with Crippen molar-refractivity contribution < 1.29 is 8.78 Å². The fourth-order valence-corrected chi connectivity index (χ4v) is 1.76. The first-order chi connectivity index (χ1) is 7.25. The Bertz CT molecular complexity index is 501. The Morgan fingerprint density at radius 2 is 2.20 bits per heavy atom. The van der Waals surface area contributed by atoms with Crippen molar-refractivity contribution in [1.29, 1.82) is 0 Å². The number of hydrogen-bond donors (Lipinski definition) is 1. The van der Waals surface area contributed by atoms with E-state index in [1.165, 1.54) is 12.1 Å². The minimum atomic E-state index is -0.552. The van der Waals surface area contributed by atoms with Gasteiger partial charge in [-0.15, -0.1) is 0 Å². The van der Waals surface area contributed by atoms with Gasteiger partial charge in [0.1, 0.15) is 23.0 Å². The van der Waals surface area contributed by atoms with E-state index in [0.29, 0.717) is 12.2 Å². The number of benzene rings is 1. The molecule has 0 atom stereocenters. The maximum Gasteiger partial charge on any atom is 0.149 e. The number of piperazine rings is 1. The first kappa shape index (κ1) is 8.50. The quantitative estimate of drug-likeness (QED) is 0.704. The summed E-state index contributed by atoms with van der Waals surface area (Å²) in [5.74, 6) is -1.08. The summed E-state index contributed by atoms with van der Waals surface area (Å²) in [6.45, 7) is 1.43. The Kier molecular flexibility index (Phi) is 1.61. The number of anilines is 1. The van der Waals surface area contributed by atoms with Crippen LogP contribution in [0.5, 0.6) is 0 Å². The van der Waals surface area contributed by atoms with Crippen LogP contribution in [0.1, 0.15) is 0 Å². The molecule has 1 aromatic carbocycles. The summed E-state index contributed by atoms with van der Waals surface area (Å²) in [5, 5.41) is 3.12. The third-order valence-electron chi connectivity index (χ3n) is 2.53. The summed E-state index contributed by atoms with van der Waals surface area (Å²) in [4.78, 5) is 1.81. The van der Waals surface area contributed by atoms with Crippen molar-refractivity contribution in [2.24, 2.45) is 0 Å². The second kappa shape index (κ2) is 2.84. The highest BCUT2D eigenvalue weighted by Gasteiger charge is 2.29. The van der Waals surface area contributed by atoms with Gasteiger partial charge in [0.15, 0.2) is 0 Å². The molecule has 76 valence electrons. The maximum absolute atomic E-state index is 13.5.